The van der Waals surface area contributed by atoms with E-state index in [1.807, 2.05) is 0 Å². The molecular weight excluding hydrogens is 581 g/mol. The molecule has 2 heterocycles. The maximum atomic E-state index is 14.7. The monoisotopic (exact) mass is 607 g/mol. The number of nitrogens with zero attached hydrogens (tertiary/aromatic N) is 3. The summed E-state index contributed by atoms with van der Waals surface area (Å²) in [5.74, 6) is -7.09. The minimum absolute atomic E-state index is 0.0161. The molecular formula is C26H26F7N4O5+. The van der Waals surface area contributed by atoms with Crippen LogP contribution in [-0.2, 0) is 25.6 Å². The van der Waals surface area contributed by atoms with Gasteiger partial charge in [-0.25, -0.2) is 18.8 Å². The molecule has 0 bridgehead atoms. The van der Waals surface area contributed by atoms with Gasteiger partial charge in [-0.1, -0.05) is 25.3 Å². The fourth-order valence-electron chi connectivity index (χ4n) is 5.26. The number of carbonyl (C=O) groups excluding carboxylic acids is 4. The number of hydrogen-bond acceptors (Lipinski definition) is 6. The molecule has 1 aliphatic carbocycles. The Kier molecular flexibility index (Phi) is 8.76. The van der Waals surface area contributed by atoms with Gasteiger partial charge in [0, 0.05) is 30.7 Å². The third-order valence-corrected chi connectivity index (χ3v) is 7.36. The molecule has 9 nitrogen and oxygen atoms in total. The first-order chi connectivity index (χ1) is 19.6. The molecule has 1 saturated heterocycles. The lowest BCUT2D eigenvalue weighted by molar-refractivity contribution is -1.01. The second kappa shape index (κ2) is 11.8. The van der Waals surface area contributed by atoms with Crippen molar-refractivity contribution >= 4 is 29.4 Å². The Bertz CT molecular complexity index is 1350. The van der Waals surface area contributed by atoms with Crippen LogP contribution in [0.15, 0.2) is 34.4 Å². The molecule has 2 fully saturated rings. The first kappa shape index (κ1) is 31.1. The maximum Gasteiger partial charge on any atom is 0.497 e. The van der Waals surface area contributed by atoms with Gasteiger partial charge in [0.1, 0.15) is 18.1 Å². The summed E-state index contributed by atoms with van der Waals surface area (Å²) in [6.07, 6.45) is -6.74. The minimum atomic E-state index is -5.62. The van der Waals surface area contributed by atoms with Crippen LogP contribution in [0.5, 0.6) is 0 Å². The van der Waals surface area contributed by atoms with Crippen molar-refractivity contribution in [2.24, 2.45) is 5.10 Å². The molecule has 1 atom stereocenters. The second-order valence-corrected chi connectivity index (χ2v) is 10.2. The highest BCUT2D eigenvalue weighted by molar-refractivity contribution is 6.09. The number of halogens is 7. The second-order valence-electron chi connectivity index (χ2n) is 10.2. The van der Waals surface area contributed by atoms with Crippen LogP contribution in [-0.4, -0.2) is 77.2 Å². The number of benzene rings is 1. The van der Waals surface area contributed by atoms with Crippen molar-refractivity contribution in [3.05, 3.63) is 46.3 Å². The van der Waals surface area contributed by atoms with E-state index in [0.717, 1.165) is 62.1 Å². The third kappa shape index (κ3) is 6.63. The van der Waals surface area contributed by atoms with Crippen molar-refractivity contribution in [2.75, 3.05) is 19.6 Å². The van der Waals surface area contributed by atoms with Gasteiger partial charge in [0.05, 0.1) is 5.56 Å². The summed E-state index contributed by atoms with van der Waals surface area (Å²) in [6, 6.07) is 3.09. The van der Waals surface area contributed by atoms with E-state index in [4.69, 9.17) is 0 Å². The molecule has 0 radical (unpaired) electrons. The highest BCUT2D eigenvalue weighted by Crippen LogP contribution is 2.31. The van der Waals surface area contributed by atoms with Crippen LogP contribution in [0.4, 0.5) is 30.7 Å². The molecule has 3 amide bonds. The lowest BCUT2D eigenvalue weighted by Gasteiger charge is -2.40. The van der Waals surface area contributed by atoms with E-state index in [-0.39, 0.29) is 37.1 Å². The molecule has 3 aliphatic rings. The van der Waals surface area contributed by atoms with Gasteiger partial charge >= 0.3 is 24.2 Å². The Hall–Kier alpha value is -3.82. The molecule has 4 rings (SSSR count). The summed E-state index contributed by atoms with van der Waals surface area (Å²) in [5, 5.41) is 1.73. The molecule has 1 saturated carbocycles. The normalized spacial score (nSPS) is 21.0. The van der Waals surface area contributed by atoms with Crippen LogP contribution in [0.3, 0.4) is 0 Å². The summed E-state index contributed by atoms with van der Waals surface area (Å²) in [6.45, 7) is 0.975. The molecule has 2 aliphatic heterocycles. The number of rotatable bonds is 5. The van der Waals surface area contributed by atoms with Gasteiger partial charge in [-0.3, -0.25) is 9.59 Å². The summed E-state index contributed by atoms with van der Waals surface area (Å²) >= 11 is 0. The lowest BCUT2D eigenvalue weighted by Crippen LogP contribution is -3.11. The standard InChI is InChI=1S/C26H25F7N4O5/c1-14-19(34-37(42-24(41)26(31,32)33)23(40)21(14)25(28,29)30)12-15-7-8-18(27)17(11-15)22(39)35-9-10-36(20(38)13-35)16-5-3-2-4-6-16/h7-8,11,16H,2-6,9-10,12-13H2,1H3/p+1. The Morgan fingerprint density at radius 2 is 1.71 bits per heavy atom. The van der Waals surface area contributed by atoms with Crippen molar-refractivity contribution in [3.63, 3.8) is 0 Å². The molecule has 1 aromatic rings. The van der Waals surface area contributed by atoms with Crippen molar-refractivity contribution in [2.45, 2.75) is 63.8 Å². The highest BCUT2D eigenvalue weighted by Gasteiger charge is 2.53. The first-order valence-electron chi connectivity index (χ1n) is 13.0. The average molecular weight is 608 g/mol. The fourth-order valence-corrected chi connectivity index (χ4v) is 5.26. The van der Waals surface area contributed by atoms with E-state index in [2.05, 4.69) is 9.94 Å². The number of allylic oxidation sites excluding steroid dienone is 1. The molecule has 228 valence electrons. The molecule has 0 aromatic heterocycles. The smallest absolute Gasteiger partial charge is 0.336 e. The van der Waals surface area contributed by atoms with Crippen LogP contribution in [0.25, 0.3) is 0 Å². The van der Waals surface area contributed by atoms with E-state index in [1.54, 1.807) is 4.90 Å². The zero-order chi connectivity index (χ0) is 31.0. The van der Waals surface area contributed by atoms with Crippen LogP contribution in [0.2, 0.25) is 0 Å². The quantitative estimate of drug-likeness (QED) is 0.519. The Morgan fingerprint density at radius 1 is 1.05 bits per heavy atom. The first-order valence-corrected chi connectivity index (χ1v) is 13.0. The molecule has 1 aromatic carbocycles. The molecule has 1 N–H and O–H groups in total. The predicted octanol–water partition coefficient (Wildman–Crippen LogP) is 2.67. The van der Waals surface area contributed by atoms with Crippen LogP contribution in [0, 0.1) is 5.82 Å². The largest absolute Gasteiger partial charge is 0.497 e. The Morgan fingerprint density at radius 3 is 2.31 bits per heavy atom. The third-order valence-electron chi connectivity index (χ3n) is 7.36. The zero-order valence-electron chi connectivity index (χ0n) is 22.2. The van der Waals surface area contributed by atoms with Crippen LogP contribution < -0.4 is 5.17 Å². The number of carbonyl (C=O) groups is 4. The van der Waals surface area contributed by atoms with Gasteiger partial charge in [-0.2, -0.15) is 26.3 Å². The van der Waals surface area contributed by atoms with Gasteiger partial charge in [-0.15, -0.1) is 0 Å². The number of alkyl halides is 6. The van der Waals surface area contributed by atoms with E-state index in [9.17, 15) is 49.9 Å². The number of amides is 3. The maximum absolute atomic E-state index is 14.7. The molecule has 0 spiro atoms. The van der Waals surface area contributed by atoms with Crippen LogP contribution in [0.1, 0.15) is 54.9 Å². The highest BCUT2D eigenvalue weighted by atomic mass is 19.4. The van der Waals surface area contributed by atoms with E-state index in [0.29, 0.717) is 0 Å². The summed E-state index contributed by atoms with van der Waals surface area (Å²) in [5.41, 5.74) is -3.69. The summed E-state index contributed by atoms with van der Waals surface area (Å²) in [4.78, 5) is 56.2. The van der Waals surface area contributed by atoms with Gasteiger partial charge in [0.25, 0.3) is 5.91 Å². The van der Waals surface area contributed by atoms with E-state index in [1.165, 1.54) is 0 Å². The lowest BCUT2D eigenvalue weighted by atomic mass is 9.93. The van der Waals surface area contributed by atoms with E-state index < -0.39 is 70.0 Å². The van der Waals surface area contributed by atoms with Gasteiger partial charge in [0.2, 0.25) is 5.91 Å². The molecule has 1 unspecified atom stereocenters. The summed E-state index contributed by atoms with van der Waals surface area (Å²) < 4.78 is 93.7. The Labute approximate surface area is 234 Å². The number of piperazine rings is 1. The predicted molar refractivity (Wildman–Crippen MR) is 129 cm³/mol. The zero-order valence-corrected chi connectivity index (χ0v) is 22.2. The van der Waals surface area contributed by atoms with Crippen molar-refractivity contribution in [1.29, 1.82) is 0 Å². The van der Waals surface area contributed by atoms with Crippen LogP contribution >= 0.6 is 0 Å². The molecule has 42 heavy (non-hydrogen) atoms. The number of nitrogens with one attached hydrogen (secondary N) is 1. The Balaban J connectivity index is 1.56. The number of hydrogen-bond donors (Lipinski definition) is 1. The minimum Gasteiger partial charge on any atom is -0.336 e. The van der Waals surface area contributed by atoms with Crippen molar-refractivity contribution in [3.8, 4) is 0 Å². The topological polar surface area (TPSA) is 101 Å². The van der Waals surface area contributed by atoms with Crippen molar-refractivity contribution in [1.82, 2.24) is 9.80 Å². The number of hydroxylamine groups is 1. The van der Waals surface area contributed by atoms with Gasteiger partial charge in [0.15, 0.2) is 5.57 Å². The van der Waals surface area contributed by atoms with Gasteiger partial charge < -0.3 is 9.80 Å². The average Bonchev–Trinajstić information content (AvgIpc) is 2.91. The SMILES string of the molecule is CC1=C(C(F)(F)F)C(=O)[NH+](OC(=O)C(F)(F)F)N=C1Cc1ccc(F)c(C(=O)N2CCN(C3CCCCC3)C(=O)C2)c1. The fraction of sp³-hybridized carbons (Fsp3) is 0.500. The van der Waals surface area contributed by atoms with Gasteiger partial charge in [-0.05, 0) is 48.1 Å². The van der Waals surface area contributed by atoms with E-state index >= 15 is 0 Å². The van der Waals surface area contributed by atoms with Crippen molar-refractivity contribution < 1.29 is 59.9 Å². The summed E-state index contributed by atoms with van der Waals surface area (Å²) in [7, 11) is 0. The number of quaternary nitrogens is 1. The molecule has 16 heteroatoms.